The summed E-state index contributed by atoms with van der Waals surface area (Å²) in [5, 5.41) is 2.33. The molecule has 0 unspecified atom stereocenters. The van der Waals surface area contributed by atoms with Crippen LogP contribution in [-0.2, 0) is 17.5 Å². The lowest BCUT2D eigenvalue weighted by molar-refractivity contribution is -0.137. The van der Waals surface area contributed by atoms with E-state index in [0.717, 1.165) is 6.07 Å². The van der Waals surface area contributed by atoms with Crippen LogP contribution in [0.3, 0.4) is 0 Å². The molecule has 9 heteroatoms. The standard InChI is InChI=1S/C15H15F4N3O2/c16-10-2-1-9(15(17,18)19)3-8(10)6-22-12-5-7(12)4-11(13(22)23)21-14(20)24/h1-3,7,11-12H,4-6H2,(H3,20,21,24)/t7-,11+,12+/m0/s1. The Hall–Kier alpha value is -2.32. The first-order valence-electron chi connectivity index (χ1n) is 7.39. The van der Waals surface area contributed by atoms with E-state index in [1.165, 1.54) is 4.90 Å². The van der Waals surface area contributed by atoms with Gasteiger partial charge in [-0.05, 0) is 37.0 Å². The maximum Gasteiger partial charge on any atom is 0.416 e. The van der Waals surface area contributed by atoms with Gasteiger partial charge in [0.2, 0.25) is 5.91 Å². The van der Waals surface area contributed by atoms with E-state index in [1.54, 1.807) is 0 Å². The second-order valence-corrected chi connectivity index (χ2v) is 6.13. The Balaban J connectivity index is 1.82. The van der Waals surface area contributed by atoms with Crippen LogP contribution in [0, 0.1) is 11.7 Å². The Labute approximate surface area is 134 Å². The van der Waals surface area contributed by atoms with E-state index in [-0.39, 0.29) is 24.1 Å². The number of likely N-dealkylation sites (tertiary alicyclic amines) is 1. The molecule has 3 amide bonds. The van der Waals surface area contributed by atoms with Crippen LogP contribution in [0.1, 0.15) is 24.0 Å². The summed E-state index contributed by atoms with van der Waals surface area (Å²) in [4.78, 5) is 24.7. The third kappa shape index (κ3) is 3.15. The number of hydrogen-bond donors (Lipinski definition) is 2. The minimum absolute atomic E-state index is 0.127. The Morgan fingerprint density at radius 3 is 2.67 bits per heavy atom. The Morgan fingerprint density at radius 1 is 1.33 bits per heavy atom. The first-order valence-corrected chi connectivity index (χ1v) is 7.39. The number of carbonyl (C=O) groups excluding carboxylic acids is 2. The molecule has 1 aromatic rings. The van der Waals surface area contributed by atoms with Gasteiger partial charge in [-0.25, -0.2) is 9.18 Å². The van der Waals surface area contributed by atoms with Gasteiger partial charge in [0.25, 0.3) is 0 Å². The zero-order valence-corrected chi connectivity index (χ0v) is 12.4. The number of nitrogens with zero attached hydrogens (tertiary/aromatic N) is 1. The van der Waals surface area contributed by atoms with Gasteiger partial charge in [0.1, 0.15) is 11.9 Å². The number of primary amides is 1. The van der Waals surface area contributed by atoms with Crippen molar-refractivity contribution >= 4 is 11.9 Å². The maximum atomic E-state index is 13.9. The molecule has 1 saturated heterocycles. The van der Waals surface area contributed by atoms with Crippen molar-refractivity contribution in [3.8, 4) is 0 Å². The summed E-state index contributed by atoms with van der Waals surface area (Å²) >= 11 is 0. The van der Waals surface area contributed by atoms with E-state index >= 15 is 0 Å². The van der Waals surface area contributed by atoms with Gasteiger partial charge in [-0.1, -0.05) is 0 Å². The van der Waals surface area contributed by atoms with Gasteiger partial charge >= 0.3 is 12.2 Å². The van der Waals surface area contributed by atoms with Gasteiger partial charge in [0, 0.05) is 18.2 Å². The van der Waals surface area contributed by atoms with E-state index in [2.05, 4.69) is 5.32 Å². The normalized spacial score (nSPS) is 26.1. The molecule has 1 heterocycles. The predicted molar refractivity (Wildman–Crippen MR) is 75.0 cm³/mol. The van der Waals surface area contributed by atoms with Crippen molar-refractivity contribution in [2.45, 2.75) is 37.6 Å². The average molecular weight is 345 g/mol. The number of carbonyl (C=O) groups is 2. The molecule has 0 aromatic heterocycles. The number of nitrogens with two attached hydrogens (primary N) is 1. The monoisotopic (exact) mass is 345 g/mol. The van der Waals surface area contributed by atoms with Gasteiger partial charge in [0.15, 0.2) is 0 Å². The molecule has 0 bridgehead atoms. The summed E-state index contributed by atoms with van der Waals surface area (Å²) < 4.78 is 52.2. The quantitative estimate of drug-likeness (QED) is 0.822. The molecule has 3 N–H and O–H groups in total. The van der Waals surface area contributed by atoms with Crippen molar-refractivity contribution in [3.05, 3.63) is 35.1 Å². The lowest BCUT2D eigenvalue weighted by atomic mass is 10.0. The number of nitrogens with one attached hydrogen (secondary N) is 1. The third-order valence-electron chi connectivity index (χ3n) is 4.44. The smallest absolute Gasteiger partial charge is 0.352 e. The fourth-order valence-electron chi connectivity index (χ4n) is 3.18. The van der Waals surface area contributed by atoms with E-state index in [0.29, 0.717) is 25.0 Å². The largest absolute Gasteiger partial charge is 0.416 e. The van der Waals surface area contributed by atoms with E-state index in [4.69, 9.17) is 5.73 Å². The lowest BCUT2D eigenvalue weighted by Crippen LogP contribution is -2.53. The topological polar surface area (TPSA) is 75.4 Å². The van der Waals surface area contributed by atoms with E-state index < -0.39 is 35.5 Å². The van der Waals surface area contributed by atoms with Gasteiger partial charge in [-0.3, -0.25) is 4.79 Å². The summed E-state index contributed by atoms with van der Waals surface area (Å²) in [7, 11) is 0. The molecular formula is C15H15F4N3O2. The third-order valence-corrected chi connectivity index (χ3v) is 4.44. The second kappa shape index (κ2) is 5.64. The highest BCUT2D eigenvalue weighted by Crippen LogP contribution is 2.44. The minimum Gasteiger partial charge on any atom is -0.352 e. The highest BCUT2D eigenvalue weighted by molar-refractivity contribution is 5.88. The van der Waals surface area contributed by atoms with Crippen LogP contribution in [0.5, 0.6) is 0 Å². The average Bonchev–Trinajstić information content (AvgIpc) is 3.22. The van der Waals surface area contributed by atoms with Crippen LogP contribution < -0.4 is 11.1 Å². The maximum absolute atomic E-state index is 13.9. The van der Waals surface area contributed by atoms with Crippen molar-refractivity contribution < 1.29 is 27.2 Å². The number of halogens is 4. The van der Waals surface area contributed by atoms with Gasteiger partial charge in [-0.2, -0.15) is 13.2 Å². The number of urea groups is 1. The van der Waals surface area contributed by atoms with Gasteiger partial charge in [-0.15, -0.1) is 0 Å². The molecule has 1 saturated carbocycles. The molecule has 1 aromatic carbocycles. The predicted octanol–water partition coefficient (Wildman–Crippen LogP) is 2.00. The summed E-state index contributed by atoms with van der Waals surface area (Å²) in [5.41, 5.74) is 3.85. The fourth-order valence-corrected chi connectivity index (χ4v) is 3.18. The number of rotatable bonds is 3. The fraction of sp³-hybridized carbons (Fsp3) is 0.467. The van der Waals surface area contributed by atoms with Crippen molar-refractivity contribution in [3.63, 3.8) is 0 Å². The van der Waals surface area contributed by atoms with Crippen molar-refractivity contribution in [1.82, 2.24) is 10.2 Å². The molecule has 0 spiro atoms. The van der Waals surface area contributed by atoms with Crippen LogP contribution in [0.4, 0.5) is 22.4 Å². The molecule has 2 fully saturated rings. The summed E-state index contributed by atoms with van der Waals surface area (Å²) in [6, 6.07) is 0.324. The van der Waals surface area contributed by atoms with Crippen molar-refractivity contribution in [2.24, 2.45) is 11.7 Å². The van der Waals surface area contributed by atoms with Crippen LogP contribution in [0.25, 0.3) is 0 Å². The summed E-state index contributed by atoms with van der Waals surface area (Å²) in [5.74, 6) is -1.12. The number of amides is 3. The molecule has 5 nitrogen and oxygen atoms in total. The molecule has 1 aliphatic heterocycles. The molecular weight excluding hydrogens is 330 g/mol. The molecule has 3 rings (SSSR count). The zero-order valence-electron chi connectivity index (χ0n) is 12.4. The van der Waals surface area contributed by atoms with Crippen LogP contribution in [0.2, 0.25) is 0 Å². The number of piperidine rings is 1. The highest BCUT2D eigenvalue weighted by Gasteiger charge is 2.51. The summed E-state index contributed by atoms with van der Waals surface area (Å²) in [6.07, 6.45) is -3.47. The molecule has 0 radical (unpaired) electrons. The Morgan fingerprint density at radius 2 is 2.04 bits per heavy atom. The Kier molecular flexibility index (Phi) is 3.89. The zero-order chi connectivity index (χ0) is 17.6. The number of alkyl halides is 3. The van der Waals surface area contributed by atoms with E-state index in [1.807, 2.05) is 0 Å². The van der Waals surface area contributed by atoms with Crippen LogP contribution >= 0.6 is 0 Å². The molecule has 24 heavy (non-hydrogen) atoms. The van der Waals surface area contributed by atoms with Crippen molar-refractivity contribution in [1.29, 1.82) is 0 Å². The lowest BCUT2D eigenvalue weighted by Gasteiger charge is -2.32. The van der Waals surface area contributed by atoms with Crippen LogP contribution in [-0.4, -0.2) is 28.9 Å². The number of benzene rings is 1. The SMILES string of the molecule is NC(=O)N[C@@H]1C[C@H]2C[C@H]2N(Cc2cc(C(F)(F)F)ccc2F)C1=O. The second-order valence-electron chi connectivity index (χ2n) is 6.13. The first kappa shape index (κ1) is 16.5. The number of hydrogen-bond acceptors (Lipinski definition) is 2. The molecule has 3 atom stereocenters. The van der Waals surface area contributed by atoms with Crippen LogP contribution in [0.15, 0.2) is 18.2 Å². The first-order chi connectivity index (χ1) is 11.2. The van der Waals surface area contributed by atoms with Crippen molar-refractivity contribution in [2.75, 3.05) is 0 Å². The van der Waals surface area contributed by atoms with Gasteiger partial charge < -0.3 is 16.0 Å². The minimum atomic E-state index is -4.59. The molecule has 2 aliphatic rings. The van der Waals surface area contributed by atoms with Gasteiger partial charge in [0.05, 0.1) is 5.56 Å². The van der Waals surface area contributed by atoms with E-state index in [9.17, 15) is 27.2 Å². The number of fused-ring (bicyclic) bond motifs is 1. The highest BCUT2D eigenvalue weighted by atomic mass is 19.4. The summed E-state index contributed by atoms with van der Waals surface area (Å²) in [6.45, 7) is -0.271. The molecule has 1 aliphatic carbocycles. The molecule has 130 valence electrons. The Bertz CT molecular complexity index is 692.